The number of aromatic nitrogens is 2. The Labute approximate surface area is 87.9 Å². The maximum Gasteiger partial charge on any atom is 0.133 e. The molecule has 0 saturated carbocycles. The molecule has 2 N–H and O–H groups in total. The van der Waals surface area contributed by atoms with Crippen molar-refractivity contribution in [2.75, 3.05) is 0 Å². The van der Waals surface area contributed by atoms with Gasteiger partial charge < -0.3 is 10.1 Å². The summed E-state index contributed by atoms with van der Waals surface area (Å²) in [6.45, 7) is -0.0985. The largest absolute Gasteiger partial charge is 0.388 e. The SMILES string of the molecule is OCc1nc2c(Br)cc(Cl)cc2[nH]1. The number of H-pyrrole nitrogens is 1. The van der Waals surface area contributed by atoms with Crippen LogP contribution in [0.2, 0.25) is 5.02 Å². The maximum absolute atomic E-state index is 8.86. The van der Waals surface area contributed by atoms with Gasteiger partial charge in [-0.1, -0.05) is 11.6 Å². The molecule has 2 aromatic rings. The molecular weight excluding hydrogens is 255 g/mol. The summed E-state index contributed by atoms with van der Waals surface area (Å²) >= 11 is 9.18. The van der Waals surface area contributed by atoms with Gasteiger partial charge in [0.2, 0.25) is 0 Å². The number of hydrogen-bond acceptors (Lipinski definition) is 2. The summed E-state index contributed by atoms with van der Waals surface area (Å²) in [7, 11) is 0. The number of imidazole rings is 1. The van der Waals surface area contributed by atoms with Crippen molar-refractivity contribution >= 4 is 38.6 Å². The van der Waals surface area contributed by atoms with Crippen LogP contribution in [-0.4, -0.2) is 15.1 Å². The van der Waals surface area contributed by atoms with Crippen LogP contribution in [0.25, 0.3) is 11.0 Å². The topological polar surface area (TPSA) is 48.9 Å². The van der Waals surface area contributed by atoms with Crippen LogP contribution in [0.1, 0.15) is 5.82 Å². The number of aliphatic hydroxyl groups is 1. The van der Waals surface area contributed by atoms with Crippen LogP contribution in [0.15, 0.2) is 16.6 Å². The fourth-order valence-electron chi connectivity index (χ4n) is 1.17. The molecule has 1 aromatic carbocycles. The minimum atomic E-state index is -0.0985. The van der Waals surface area contributed by atoms with Gasteiger partial charge in [0, 0.05) is 9.50 Å². The summed E-state index contributed by atoms with van der Waals surface area (Å²) in [6.07, 6.45) is 0. The van der Waals surface area contributed by atoms with E-state index in [9.17, 15) is 0 Å². The third-order valence-corrected chi connectivity index (χ3v) is 2.53. The highest BCUT2D eigenvalue weighted by Crippen LogP contribution is 2.26. The second-order valence-electron chi connectivity index (χ2n) is 2.63. The van der Waals surface area contributed by atoms with Crippen LogP contribution in [0.3, 0.4) is 0 Å². The zero-order chi connectivity index (χ0) is 9.42. The van der Waals surface area contributed by atoms with Gasteiger partial charge in [-0.2, -0.15) is 0 Å². The summed E-state index contributed by atoms with van der Waals surface area (Å²) in [5.74, 6) is 0.540. The van der Waals surface area contributed by atoms with E-state index in [1.54, 1.807) is 12.1 Å². The predicted molar refractivity (Wildman–Crippen MR) is 54.7 cm³/mol. The highest BCUT2D eigenvalue weighted by atomic mass is 79.9. The Morgan fingerprint density at radius 1 is 1.54 bits per heavy atom. The summed E-state index contributed by atoms with van der Waals surface area (Å²) < 4.78 is 0.825. The van der Waals surface area contributed by atoms with Gasteiger partial charge in [0.1, 0.15) is 17.9 Å². The van der Waals surface area contributed by atoms with E-state index in [0.717, 1.165) is 15.5 Å². The summed E-state index contributed by atoms with van der Waals surface area (Å²) in [5, 5.41) is 9.49. The molecule has 0 unspecified atom stereocenters. The van der Waals surface area contributed by atoms with Gasteiger partial charge in [-0.05, 0) is 28.1 Å². The Bertz CT molecular complexity index is 455. The van der Waals surface area contributed by atoms with Crippen molar-refractivity contribution in [2.45, 2.75) is 6.61 Å². The number of nitrogens with one attached hydrogen (secondary N) is 1. The predicted octanol–water partition coefficient (Wildman–Crippen LogP) is 2.47. The Morgan fingerprint density at radius 3 is 3.00 bits per heavy atom. The van der Waals surface area contributed by atoms with Crippen LogP contribution in [0, 0.1) is 0 Å². The lowest BCUT2D eigenvalue weighted by Crippen LogP contribution is -1.83. The van der Waals surface area contributed by atoms with Crippen molar-refractivity contribution in [1.29, 1.82) is 0 Å². The molecule has 3 nitrogen and oxygen atoms in total. The second kappa shape index (κ2) is 3.29. The number of aromatic amines is 1. The fourth-order valence-corrected chi connectivity index (χ4v) is 2.07. The van der Waals surface area contributed by atoms with E-state index in [1.807, 2.05) is 0 Å². The van der Waals surface area contributed by atoms with Gasteiger partial charge in [-0.3, -0.25) is 0 Å². The van der Waals surface area contributed by atoms with E-state index < -0.39 is 0 Å². The highest BCUT2D eigenvalue weighted by molar-refractivity contribution is 9.10. The summed E-state index contributed by atoms with van der Waals surface area (Å²) in [5.41, 5.74) is 1.61. The van der Waals surface area contributed by atoms with Gasteiger partial charge in [0.05, 0.1) is 5.52 Å². The number of halogens is 2. The molecule has 0 atom stereocenters. The van der Waals surface area contributed by atoms with Crippen LogP contribution in [-0.2, 0) is 6.61 Å². The molecule has 1 aromatic heterocycles. The van der Waals surface area contributed by atoms with E-state index in [-0.39, 0.29) is 6.61 Å². The van der Waals surface area contributed by atoms with Crippen LogP contribution >= 0.6 is 27.5 Å². The number of rotatable bonds is 1. The van der Waals surface area contributed by atoms with Crippen molar-refractivity contribution in [3.05, 3.63) is 27.5 Å². The van der Waals surface area contributed by atoms with Gasteiger partial charge in [0.25, 0.3) is 0 Å². The smallest absolute Gasteiger partial charge is 0.133 e. The molecule has 2 rings (SSSR count). The average Bonchev–Trinajstić information content (AvgIpc) is 2.47. The second-order valence-corrected chi connectivity index (χ2v) is 3.92. The molecule has 0 aliphatic carbocycles. The normalized spacial score (nSPS) is 11.0. The van der Waals surface area contributed by atoms with Crippen LogP contribution in [0.5, 0.6) is 0 Å². The van der Waals surface area contributed by atoms with E-state index in [1.165, 1.54) is 0 Å². The first-order valence-electron chi connectivity index (χ1n) is 3.65. The van der Waals surface area contributed by atoms with Crippen molar-refractivity contribution < 1.29 is 5.11 Å². The summed E-state index contributed by atoms with van der Waals surface area (Å²) in [4.78, 5) is 7.11. The molecule has 0 spiro atoms. The molecule has 1 heterocycles. The molecular formula is C8H6BrClN2O. The van der Waals surface area contributed by atoms with Crippen molar-refractivity contribution in [3.63, 3.8) is 0 Å². The van der Waals surface area contributed by atoms with E-state index in [2.05, 4.69) is 25.9 Å². The lowest BCUT2D eigenvalue weighted by Gasteiger charge is -1.92. The zero-order valence-electron chi connectivity index (χ0n) is 6.51. The first-order valence-corrected chi connectivity index (χ1v) is 4.82. The molecule has 68 valence electrons. The van der Waals surface area contributed by atoms with Gasteiger partial charge >= 0.3 is 0 Å². The van der Waals surface area contributed by atoms with E-state index in [4.69, 9.17) is 16.7 Å². The number of benzene rings is 1. The third-order valence-electron chi connectivity index (χ3n) is 1.70. The minimum absolute atomic E-state index is 0.0985. The molecule has 0 bridgehead atoms. The monoisotopic (exact) mass is 260 g/mol. The Kier molecular flexibility index (Phi) is 2.27. The first-order chi connectivity index (χ1) is 6.20. The molecule has 0 aliphatic heterocycles. The standard InChI is InChI=1S/C8H6BrClN2O/c9-5-1-4(10)2-6-8(5)12-7(3-13)11-6/h1-2,13H,3H2,(H,11,12). The van der Waals surface area contributed by atoms with Crippen molar-refractivity contribution in [1.82, 2.24) is 9.97 Å². The number of fused-ring (bicyclic) bond motifs is 1. The van der Waals surface area contributed by atoms with Crippen LogP contribution < -0.4 is 0 Å². The lowest BCUT2D eigenvalue weighted by atomic mass is 10.3. The first kappa shape index (κ1) is 8.99. The summed E-state index contributed by atoms with van der Waals surface area (Å²) in [6, 6.07) is 3.54. The number of aliphatic hydroxyl groups excluding tert-OH is 1. The Hall–Kier alpha value is -0.580. The van der Waals surface area contributed by atoms with Gasteiger partial charge in [0.15, 0.2) is 0 Å². The van der Waals surface area contributed by atoms with Gasteiger partial charge in [-0.25, -0.2) is 4.98 Å². The van der Waals surface area contributed by atoms with Gasteiger partial charge in [-0.15, -0.1) is 0 Å². The van der Waals surface area contributed by atoms with Crippen molar-refractivity contribution in [2.24, 2.45) is 0 Å². The molecule has 0 radical (unpaired) electrons. The molecule has 0 fully saturated rings. The minimum Gasteiger partial charge on any atom is -0.388 e. The molecule has 13 heavy (non-hydrogen) atoms. The molecule has 5 heteroatoms. The highest BCUT2D eigenvalue weighted by Gasteiger charge is 2.06. The van der Waals surface area contributed by atoms with Crippen molar-refractivity contribution in [3.8, 4) is 0 Å². The third kappa shape index (κ3) is 1.57. The Balaban J connectivity index is 2.75. The van der Waals surface area contributed by atoms with E-state index in [0.29, 0.717) is 10.8 Å². The Morgan fingerprint density at radius 2 is 2.31 bits per heavy atom. The zero-order valence-corrected chi connectivity index (χ0v) is 8.85. The fraction of sp³-hybridized carbons (Fsp3) is 0.125. The van der Waals surface area contributed by atoms with Crippen LogP contribution in [0.4, 0.5) is 0 Å². The quantitative estimate of drug-likeness (QED) is 0.828. The molecule has 0 aliphatic rings. The number of nitrogens with zero attached hydrogens (tertiary/aromatic N) is 1. The molecule has 0 saturated heterocycles. The average molecular weight is 262 g/mol. The lowest BCUT2D eigenvalue weighted by molar-refractivity contribution is 0.273. The number of hydrogen-bond donors (Lipinski definition) is 2. The molecule has 0 amide bonds. The maximum atomic E-state index is 8.86. The van der Waals surface area contributed by atoms with E-state index >= 15 is 0 Å².